The van der Waals surface area contributed by atoms with Crippen LogP contribution >= 0.6 is 11.8 Å². The molecule has 150 valence electrons. The number of nitrogens with zero attached hydrogens (tertiary/aromatic N) is 1. The highest BCUT2D eigenvalue weighted by atomic mass is 32.2. The van der Waals surface area contributed by atoms with Gasteiger partial charge in [-0.1, -0.05) is 12.1 Å². The third-order valence-corrected chi connectivity index (χ3v) is 4.91. The van der Waals surface area contributed by atoms with Gasteiger partial charge in [0.1, 0.15) is 0 Å². The van der Waals surface area contributed by atoms with Crippen molar-refractivity contribution < 1.29 is 23.9 Å². The number of rotatable bonds is 10. The summed E-state index contributed by atoms with van der Waals surface area (Å²) in [5, 5.41) is 13.5. The Hall–Kier alpha value is -2.94. The van der Waals surface area contributed by atoms with Crippen molar-refractivity contribution in [3.05, 3.63) is 57.6 Å². The molecule has 0 atom stereocenters. The highest BCUT2D eigenvalue weighted by molar-refractivity contribution is 7.99. The first-order chi connectivity index (χ1) is 13.5. The molecule has 2 aromatic rings. The molecule has 0 saturated carbocycles. The smallest absolute Gasteiger partial charge is 0.269 e. The van der Waals surface area contributed by atoms with Crippen LogP contribution in [0.3, 0.4) is 0 Å². The van der Waals surface area contributed by atoms with E-state index in [2.05, 4.69) is 5.32 Å². The Morgan fingerprint density at radius 1 is 1.04 bits per heavy atom. The number of non-ortho nitro benzene ring substituents is 1. The largest absolute Gasteiger partial charge is 0.493 e. The van der Waals surface area contributed by atoms with Crippen molar-refractivity contribution in [2.75, 3.05) is 27.1 Å². The lowest BCUT2D eigenvalue weighted by molar-refractivity contribution is -0.384. The van der Waals surface area contributed by atoms with Crippen LogP contribution in [0.15, 0.2) is 36.4 Å². The van der Waals surface area contributed by atoms with Gasteiger partial charge in [-0.2, -0.15) is 0 Å². The Morgan fingerprint density at radius 3 is 2.29 bits per heavy atom. The SMILES string of the molecule is COc1ccc(CNC(=O)CSCc2ccc([N+](=O)[O-])cc2)c(OC)c1OC. The van der Waals surface area contributed by atoms with Crippen LogP contribution < -0.4 is 19.5 Å². The fourth-order valence-electron chi connectivity index (χ4n) is 2.52. The van der Waals surface area contributed by atoms with Crippen LogP contribution in [0.1, 0.15) is 11.1 Å². The maximum absolute atomic E-state index is 12.1. The molecule has 2 rings (SSSR count). The van der Waals surface area contributed by atoms with Crippen LogP contribution in [0.25, 0.3) is 0 Å². The van der Waals surface area contributed by atoms with Gasteiger partial charge in [-0.05, 0) is 17.7 Å². The molecule has 9 heteroatoms. The van der Waals surface area contributed by atoms with Crippen molar-refractivity contribution in [2.24, 2.45) is 0 Å². The van der Waals surface area contributed by atoms with Crippen molar-refractivity contribution in [1.82, 2.24) is 5.32 Å². The molecule has 1 amide bonds. The van der Waals surface area contributed by atoms with Crippen LogP contribution in [-0.2, 0) is 17.1 Å². The quantitative estimate of drug-likeness (QED) is 0.478. The molecule has 28 heavy (non-hydrogen) atoms. The van der Waals surface area contributed by atoms with Gasteiger partial charge in [-0.3, -0.25) is 14.9 Å². The molecule has 0 bridgehead atoms. The number of amides is 1. The zero-order valence-electron chi connectivity index (χ0n) is 15.9. The van der Waals surface area contributed by atoms with Gasteiger partial charge in [0, 0.05) is 30.0 Å². The molecular formula is C19H22N2O6S. The summed E-state index contributed by atoms with van der Waals surface area (Å²) in [7, 11) is 4.60. The van der Waals surface area contributed by atoms with Crippen LogP contribution in [-0.4, -0.2) is 37.9 Å². The number of carbonyl (C=O) groups is 1. The average molecular weight is 406 g/mol. The van der Waals surface area contributed by atoms with Crippen molar-refractivity contribution >= 4 is 23.4 Å². The minimum Gasteiger partial charge on any atom is -0.493 e. The minimum atomic E-state index is -0.438. The third kappa shape index (κ3) is 5.53. The Balaban J connectivity index is 1.86. The molecule has 2 aromatic carbocycles. The Kier molecular flexibility index (Phi) is 7.94. The number of hydrogen-bond acceptors (Lipinski definition) is 7. The van der Waals surface area contributed by atoms with Gasteiger partial charge in [0.05, 0.1) is 32.0 Å². The van der Waals surface area contributed by atoms with Crippen LogP contribution in [0.2, 0.25) is 0 Å². The highest BCUT2D eigenvalue weighted by Gasteiger charge is 2.16. The second kappa shape index (κ2) is 10.4. The number of carbonyl (C=O) groups excluding carboxylic acids is 1. The van der Waals surface area contributed by atoms with Crippen LogP contribution in [0.4, 0.5) is 5.69 Å². The van der Waals surface area contributed by atoms with Gasteiger partial charge in [0.2, 0.25) is 11.7 Å². The standard InChI is InChI=1S/C19H22N2O6S/c1-25-16-9-6-14(18(26-2)19(16)27-3)10-20-17(22)12-28-11-13-4-7-15(8-5-13)21(23)24/h4-9H,10-12H2,1-3H3,(H,20,22). The lowest BCUT2D eigenvalue weighted by Gasteiger charge is -2.16. The third-order valence-electron chi connectivity index (χ3n) is 3.91. The van der Waals surface area contributed by atoms with Crippen molar-refractivity contribution in [1.29, 1.82) is 0 Å². The summed E-state index contributed by atoms with van der Waals surface area (Å²) in [6, 6.07) is 9.87. The Bertz CT molecular complexity index is 826. The highest BCUT2D eigenvalue weighted by Crippen LogP contribution is 2.39. The fourth-order valence-corrected chi connectivity index (χ4v) is 3.34. The minimum absolute atomic E-state index is 0.0513. The lowest BCUT2D eigenvalue weighted by atomic mass is 10.1. The number of benzene rings is 2. The number of methoxy groups -OCH3 is 3. The maximum atomic E-state index is 12.1. The number of nitro benzene ring substituents is 1. The van der Waals surface area contributed by atoms with E-state index in [1.807, 2.05) is 6.07 Å². The second-order valence-corrected chi connectivity index (χ2v) is 6.67. The summed E-state index contributed by atoms with van der Waals surface area (Å²) in [6.45, 7) is 0.292. The summed E-state index contributed by atoms with van der Waals surface area (Å²) < 4.78 is 16.0. The number of nitro groups is 1. The van der Waals surface area contributed by atoms with Gasteiger partial charge in [-0.25, -0.2) is 0 Å². The average Bonchev–Trinajstić information content (AvgIpc) is 2.71. The first-order valence-electron chi connectivity index (χ1n) is 8.35. The molecule has 0 aliphatic heterocycles. The van der Waals surface area contributed by atoms with E-state index in [9.17, 15) is 14.9 Å². The van der Waals surface area contributed by atoms with Crippen LogP contribution in [0.5, 0.6) is 17.2 Å². The zero-order valence-corrected chi connectivity index (χ0v) is 16.7. The normalized spacial score (nSPS) is 10.2. The molecule has 0 aromatic heterocycles. The summed E-state index contributed by atoms with van der Waals surface area (Å²) in [6.07, 6.45) is 0. The summed E-state index contributed by atoms with van der Waals surface area (Å²) in [5.74, 6) is 2.28. The van der Waals surface area contributed by atoms with Gasteiger partial charge < -0.3 is 19.5 Å². The predicted molar refractivity (Wildman–Crippen MR) is 107 cm³/mol. The lowest BCUT2D eigenvalue weighted by Crippen LogP contribution is -2.25. The summed E-state index contributed by atoms with van der Waals surface area (Å²) in [4.78, 5) is 22.3. The van der Waals surface area contributed by atoms with Crippen molar-refractivity contribution in [2.45, 2.75) is 12.3 Å². The van der Waals surface area contributed by atoms with Crippen LogP contribution in [0, 0.1) is 10.1 Å². The second-order valence-electron chi connectivity index (χ2n) is 5.69. The molecule has 8 nitrogen and oxygen atoms in total. The number of nitrogens with one attached hydrogen (secondary N) is 1. The van der Waals surface area contributed by atoms with E-state index in [1.54, 1.807) is 25.3 Å². The van der Waals surface area contributed by atoms with E-state index >= 15 is 0 Å². The van der Waals surface area contributed by atoms with E-state index in [0.717, 1.165) is 11.1 Å². The van der Waals surface area contributed by atoms with E-state index in [4.69, 9.17) is 14.2 Å². The van der Waals surface area contributed by atoms with Gasteiger partial charge in [0.25, 0.3) is 5.69 Å². The van der Waals surface area contributed by atoms with Crippen molar-refractivity contribution in [3.8, 4) is 17.2 Å². The first-order valence-corrected chi connectivity index (χ1v) is 9.51. The summed E-state index contributed by atoms with van der Waals surface area (Å²) >= 11 is 1.43. The van der Waals surface area contributed by atoms with Gasteiger partial charge in [-0.15, -0.1) is 11.8 Å². The topological polar surface area (TPSA) is 99.9 Å². The van der Waals surface area contributed by atoms with Crippen molar-refractivity contribution in [3.63, 3.8) is 0 Å². The number of ether oxygens (including phenoxy) is 3. The fraction of sp³-hybridized carbons (Fsp3) is 0.316. The van der Waals surface area contributed by atoms with E-state index in [1.165, 1.54) is 38.1 Å². The molecule has 0 radical (unpaired) electrons. The Labute approximate surface area is 167 Å². The first kappa shape index (κ1) is 21.4. The number of thioether (sulfide) groups is 1. The van der Waals surface area contributed by atoms with Gasteiger partial charge in [0.15, 0.2) is 11.5 Å². The van der Waals surface area contributed by atoms with E-state index in [0.29, 0.717) is 29.5 Å². The van der Waals surface area contributed by atoms with E-state index in [-0.39, 0.29) is 17.3 Å². The molecule has 1 N–H and O–H groups in total. The maximum Gasteiger partial charge on any atom is 0.269 e. The van der Waals surface area contributed by atoms with Gasteiger partial charge >= 0.3 is 0 Å². The number of hydrogen-bond donors (Lipinski definition) is 1. The molecule has 0 unspecified atom stereocenters. The Morgan fingerprint density at radius 2 is 1.71 bits per heavy atom. The van der Waals surface area contributed by atoms with E-state index < -0.39 is 4.92 Å². The molecule has 0 aliphatic rings. The molecule has 0 fully saturated rings. The monoisotopic (exact) mass is 406 g/mol. The summed E-state index contributed by atoms with van der Waals surface area (Å²) in [5.41, 5.74) is 1.74. The molecule has 0 spiro atoms. The molecule has 0 heterocycles. The molecule has 0 saturated heterocycles. The molecule has 0 aliphatic carbocycles. The molecular weight excluding hydrogens is 384 g/mol. The predicted octanol–water partition coefficient (Wildman–Crippen LogP) is 3.17. The zero-order chi connectivity index (χ0) is 20.5.